The Morgan fingerprint density at radius 2 is 1.86 bits per heavy atom. The number of hydrogen-bond donors (Lipinski definition) is 0. The molecular weight excluding hydrogens is 328 g/mol. The maximum Gasteiger partial charge on any atom is 0.163 e. The van der Waals surface area contributed by atoms with E-state index < -0.39 is 0 Å². The van der Waals surface area contributed by atoms with Gasteiger partial charge in [0.1, 0.15) is 11.5 Å². The number of benzene rings is 2. The molecule has 21 heavy (non-hydrogen) atoms. The minimum atomic E-state index is -0.00846. The molecule has 0 atom stereocenters. The summed E-state index contributed by atoms with van der Waals surface area (Å²) in [6.45, 7) is 3.73. The number of ketones is 1. The molecule has 2 aromatic rings. The molecule has 0 aliphatic heterocycles. The molecule has 2 nitrogen and oxygen atoms in total. The maximum atomic E-state index is 11.7. The van der Waals surface area contributed by atoms with E-state index in [2.05, 4.69) is 35.0 Å². The molecule has 0 saturated heterocycles. The summed E-state index contributed by atoms with van der Waals surface area (Å²) in [5.74, 6) is 1.33. The number of aryl methyl sites for hydroxylation is 1. The van der Waals surface area contributed by atoms with Crippen molar-refractivity contribution >= 4 is 21.7 Å². The molecule has 0 fully saturated rings. The van der Waals surface area contributed by atoms with Crippen LogP contribution in [-0.2, 0) is 6.42 Å². The van der Waals surface area contributed by atoms with Crippen LogP contribution in [0.3, 0.4) is 0 Å². The van der Waals surface area contributed by atoms with Gasteiger partial charge in [0.15, 0.2) is 5.78 Å². The highest BCUT2D eigenvalue weighted by atomic mass is 79.9. The minimum absolute atomic E-state index is 0.00846. The summed E-state index contributed by atoms with van der Waals surface area (Å²) in [4.78, 5) is 11.7. The fraction of sp³-hybridized carbons (Fsp3) is 0.278. The van der Waals surface area contributed by atoms with Crippen molar-refractivity contribution in [2.75, 3.05) is 0 Å². The Balaban J connectivity index is 2.16. The zero-order chi connectivity index (χ0) is 15.2. The van der Waals surface area contributed by atoms with Gasteiger partial charge in [-0.25, -0.2) is 0 Å². The molecule has 3 heteroatoms. The number of carbonyl (C=O) groups excluding carboxylic acids is 1. The lowest BCUT2D eigenvalue weighted by molar-refractivity contribution is 0.101. The van der Waals surface area contributed by atoms with Gasteiger partial charge in [-0.2, -0.15) is 0 Å². The van der Waals surface area contributed by atoms with E-state index in [0.717, 1.165) is 16.6 Å². The van der Waals surface area contributed by atoms with E-state index in [-0.39, 0.29) is 5.78 Å². The largest absolute Gasteiger partial charge is 0.457 e. The van der Waals surface area contributed by atoms with Crippen LogP contribution in [0.1, 0.15) is 42.6 Å². The van der Waals surface area contributed by atoms with Crippen LogP contribution in [0.15, 0.2) is 46.9 Å². The lowest BCUT2D eigenvalue weighted by Crippen LogP contribution is -1.97. The van der Waals surface area contributed by atoms with E-state index in [4.69, 9.17) is 4.74 Å². The number of carbonyl (C=O) groups is 1. The van der Waals surface area contributed by atoms with Gasteiger partial charge in [0, 0.05) is 4.47 Å². The van der Waals surface area contributed by atoms with E-state index in [0.29, 0.717) is 11.3 Å². The molecule has 2 aromatic carbocycles. The van der Waals surface area contributed by atoms with Crippen molar-refractivity contribution < 1.29 is 9.53 Å². The van der Waals surface area contributed by atoms with Crippen LogP contribution in [0.4, 0.5) is 0 Å². The predicted octanol–water partition coefficient (Wildman–Crippen LogP) is 5.79. The minimum Gasteiger partial charge on any atom is -0.457 e. The summed E-state index contributed by atoms with van der Waals surface area (Å²) >= 11 is 3.38. The van der Waals surface area contributed by atoms with Crippen molar-refractivity contribution in [2.24, 2.45) is 0 Å². The van der Waals surface area contributed by atoms with Crippen LogP contribution in [0.25, 0.3) is 0 Å². The van der Waals surface area contributed by atoms with Crippen LogP contribution in [0.5, 0.6) is 11.5 Å². The molecule has 2 rings (SSSR count). The number of rotatable bonds is 6. The lowest BCUT2D eigenvalue weighted by atomic mass is 10.1. The molecule has 0 aliphatic rings. The third-order valence-corrected chi connectivity index (χ3v) is 3.78. The Morgan fingerprint density at radius 3 is 2.48 bits per heavy atom. The van der Waals surface area contributed by atoms with Gasteiger partial charge in [0.25, 0.3) is 0 Å². The van der Waals surface area contributed by atoms with Gasteiger partial charge < -0.3 is 4.74 Å². The topological polar surface area (TPSA) is 26.3 Å². The summed E-state index contributed by atoms with van der Waals surface area (Å²) in [5, 5.41) is 0. The van der Waals surface area contributed by atoms with Gasteiger partial charge in [-0.15, -0.1) is 0 Å². The lowest BCUT2D eigenvalue weighted by Gasteiger charge is -2.10. The number of hydrogen-bond acceptors (Lipinski definition) is 2. The highest BCUT2D eigenvalue weighted by Crippen LogP contribution is 2.28. The summed E-state index contributed by atoms with van der Waals surface area (Å²) < 4.78 is 6.71. The Morgan fingerprint density at radius 1 is 1.14 bits per heavy atom. The molecule has 0 saturated carbocycles. The average molecular weight is 347 g/mol. The van der Waals surface area contributed by atoms with Crippen molar-refractivity contribution in [3.05, 3.63) is 58.1 Å². The standard InChI is InChI=1S/C18H19BrO2/c1-3-4-5-14-6-9-16(10-7-14)21-18-11-8-15(19)12-17(18)13(2)20/h6-12H,3-5H2,1-2H3. The van der Waals surface area contributed by atoms with E-state index in [1.807, 2.05) is 24.3 Å². The second-order valence-corrected chi connectivity index (χ2v) is 5.96. The van der Waals surface area contributed by atoms with Gasteiger partial charge in [-0.05, 0) is 55.7 Å². The quantitative estimate of drug-likeness (QED) is 0.619. The number of ether oxygens (including phenoxy) is 1. The first-order chi connectivity index (χ1) is 10.1. The number of Topliss-reactive ketones (excluding diaryl/α,β-unsaturated/α-hetero) is 1. The average Bonchev–Trinajstić information content (AvgIpc) is 2.48. The Hall–Kier alpha value is -1.61. The van der Waals surface area contributed by atoms with E-state index in [9.17, 15) is 4.79 Å². The second kappa shape index (κ2) is 7.41. The fourth-order valence-electron chi connectivity index (χ4n) is 2.10. The maximum absolute atomic E-state index is 11.7. The van der Waals surface area contributed by atoms with Crippen LogP contribution in [0, 0.1) is 0 Å². The smallest absolute Gasteiger partial charge is 0.163 e. The summed E-state index contributed by atoms with van der Waals surface area (Å²) in [5.41, 5.74) is 1.89. The Labute approximate surface area is 134 Å². The molecule has 0 spiro atoms. The summed E-state index contributed by atoms with van der Waals surface area (Å²) in [7, 11) is 0. The molecule has 0 bridgehead atoms. The van der Waals surface area contributed by atoms with Gasteiger partial charge >= 0.3 is 0 Å². The third-order valence-electron chi connectivity index (χ3n) is 3.29. The van der Waals surface area contributed by atoms with Crippen molar-refractivity contribution in [1.29, 1.82) is 0 Å². The van der Waals surface area contributed by atoms with Gasteiger partial charge in [-0.3, -0.25) is 4.79 Å². The fourth-order valence-corrected chi connectivity index (χ4v) is 2.46. The molecule has 0 unspecified atom stereocenters. The van der Waals surface area contributed by atoms with Gasteiger partial charge in [-0.1, -0.05) is 41.4 Å². The van der Waals surface area contributed by atoms with Crippen LogP contribution < -0.4 is 4.74 Å². The highest BCUT2D eigenvalue weighted by Gasteiger charge is 2.10. The summed E-state index contributed by atoms with van der Waals surface area (Å²) in [6.07, 6.45) is 3.48. The van der Waals surface area contributed by atoms with Gasteiger partial charge in [0.05, 0.1) is 5.56 Å². The SMILES string of the molecule is CCCCc1ccc(Oc2ccc(Br)cc2C(C)=O)cc1. The molecule has 0 N–H and O–H groups in total. The van der Waals surface area contributed by atoms with Crippen molar-refractivity contribution in [3.63, 3.8) is 0 Å². The molecule has 0 amide bonds. The first kappa shape index (κ1) is 15.8. The van der Waals surface area contributed by atoms with Crippen molar-refractivity contribution in [3.8, 4) is 11.5 Å². The molecule has 110 valence electrons. The number of halogens is 1. The van der Waals surface area contributed by atoms with Crippen LogP contribution in [0.2, 0.25) is 0 Å². The Kier molecular flexibility index (Phi) is 5.57. The molecule has 0 aromatic heterocycles. The van der Waals surface area contributed by atoms with E-state index >= 15 is 0 Å². The van der Waals surface area contributed by atoms with E-state index in [1.54, 1.807) is 13.0 Å². The Bertz CT molecular complexity index is 618. The molecular formula is C18H19BrO2. The predicted molar refractivity (Wildman–Crippen MR) is 89.3 cm³/mol. The first-order valence-electron chi connectivity index (χ1n) is 7.17. The van der Waals surface area contributed by atoms with Gasteiger partial charge in [0.2, 0.25) is 0 Å². The molecule has 0 aliphatic carbocycles. The van der Waals surface area contributed by atoms with Crippen LogP contribution in [-0.4, -0.2) is 5.78 Å². The van der Waals surface area contributed by atoms with Crippen LogP contribution >= 0.6 is 15.9 Å². The molecule has 0 radical (unpaired) electrons. The number of unbranched alkanes of at least 4 members (excludes halogenated alkanes) is 1. The van der Waals surface area contributed by atoms with Crippen molar-refractivity contribution in [1.82, 2.24) is 0 Å². The summed E-state index contributed by atoms with van der Waals surface area (Å²) in [6, 6.07) is 13.5. The zero-order valence-electron chi connectivity index (χ0n) is 12.4. The van der Waals surface area contributed by atoms with E-state index in [1.165, 1.54) is 18.4 Å². The first-order valence-corrected chi connectivity index (χ1v) is 7.96. The zero-order valence-corrected chi connectivity index (χ0v) is 13.9. The third kappa shape index (κ3) is 4.43. The van der Waals surface area contributed by atoms with Crippen molar-refractivity contribution in [2.45, 2.75) is 33.1 Å². The monoisotopic (exact) mass is 346 g/mol. The normalized spacial score (nSPS) is 10.4. The highest BCUT2D eigenvalue weighted by molar-refractivity contribution is 9.10. The molecule has 0 heterocycles. The second-order valence-electron chi connectivity index (χ2n) is 5.05.